The molecule has 3 aliphatic rings. The normalized spacial score (nSPS) is 20.5. The van der Waals surface area contributed by atoms with E-state index >= 15 is 0 Å². The maximum atomic E-state index is 13.2. The number of fused-ring (bicyclic) bond motifs is 1. The molecule has 0 radical (unpaired) electrons. The highest BCUT2D eigenvalue weighted by Gasteiger charge is 2.34. The Hall–Kier alpha value is -1.68. The summed E-state index contributed by atoms with van der Waals surface area (Å²) in [5.74, 6) is 0.156. The third-order valence-corrected chi connectivity index (χ3v) is 8.41. The minimum Gasteiger partial charge on any atom is -0.339 e. The lowest BCUT2D eigenvalue weighted by molar-refractivity contribution is -0.137. The monoisotopic (exact) mass is 498 g/mol. The Kier molecular flexibility index (Phi) is 6.41. The third kappa shape index (κ3) is 4.92. The Morgan fingerprint density at radius 3 is 2.58 bits per heavy atom. The number of piperazine rings is 1. The molecule has 0 atom stereocenters. The molecule has 3 heterocycles. The molecule has 1 aromatic heterocycles. The van der Waals surface area contributed by atoms with Crippen LogP contribution in [-0.2, 0) is 23.9 Å². The van der Waals surface area contributed by atoms with Gasteiger partial charge in [0.05, 0.1) is 22.8 Å². The smallest absolute Gasteiger partial charge is 0.339 e. The largest absolute Gasteiger partial charge is 0.417 e. The number of hydrogen-bond donors (Lipinski definition) is 0. The Labute approximate surface area is 200 Å². The first-order valence-electron chi connectivity index (χ1n) is 11.4. The van der Waals surface area contributed by atoms with Crippen molar-refractivity contribution in [1.29, 1.82) is 0 Å². The highest BCUT2D eigenvalue weighted by molar-refractivity contribution is 7.15. The Morgan fingerprint density at radius 2 is 1.91 bits per heavy atom. The number of rotatable bonds is 4. The molecule has 33 heavy (non-hydrogen) atoms. The molecular weight excluding hydrogens is 473 g/mol. The molecule has 5 nitrogen and oxygen atoms in total. The fraction of sp³-hybridized carbons (Fsp3) is 0.565. The predicted molar refractivity (Wildman–Crippen MR) is 122 cm³/mol. The molecule has 1 saturated carbocycles. The van der Waals surface area contributed by atoms with Gasteiger partial charge in [-0.1, -0.05) is 24.1 Å². The van der Waals surface area contributed by atoms with Crippen LogP contribution in [-0.4, -0.2) is 70.9 Å². The summed E-state index contributed by atoms with van der Waals surface area (Å²) in [7, 11) is 0. The highest BCUT2D eigenvalue weighted by atomic mass is 35.5. The number of hydrogen-bond acceptors (Lipinski definition) is 5. The molecule has 0 bridgehead atoms. The third-order valence-electron chi connectivity index (χ3n) is 6.95. The van der Waals surface area contributed by atoms with Gasteiger partial charge >= 0.3 is 6.18 Å². The van der Waals surface area contributed by atoms with Crippen LogP contribution >= 0.6 is 22.9 Å². The minimum absolute atomic E-state index is 0.156. The Morgan fingerprint density at radius 1 is 1.15 bits per heavy atom. The fourth-order valence-corrected chi connectivity index (χ4v) is 6.13. The number of thiazole rings is 1. The van der Waals surface area contributed by atoms with Gasteiger partial charge in [0.15, 0.2) is 0 Å². The van der Waals surface area contributed by atoms with E-state index in [1.165, 1.54) is 36.7 Å². The number of amides is 1. The Bertz CT molecular complexity index is 1030. The molecule has 1 amide bonds. The van der Waals surface area contributed by atoms with Crippen LogP contribution in [0.5, 0.6) is 0 Å². The molecule has 1 aliphatic carbocycles. The van der Waals surface area contributed by atoms with Crippen molar-refractivity contribution in [3.05, 3.63) is 39.4 Å². The van der Waals surface area contributed by atoms with E-state index < -0.39 is 11.7 Å². The lowest BCUT2D eigenvalue weighted by Crippen LogP contribution is -2.55. The molecule has 1 saturated heterocycles. The van der Waals surface area contributed by atoms with Crippen LogP contribution in [0.1, 0.15) is 35.4 Å². The molecule has 0 N–H and O–H groups in total. The van der Waals surface area contributed by atoms with Gasteiger partial charge in [0.1, 0.15) is 5.01 Å². The zero-order chi connectivity index (χ0) is 23.2. The van der Waals surface area contributed by atoms with Crippen molar-refractivity contribution in [2.75, 3.05) is 39.3 Å². The number of carbonyl (C=O) groups is 1. The van der Waals surface area contributed by atoms with E-state index in [0.29, 0.717) is 30.1 Å². The number of nitrogens with zero attached hydrogens (tertiary/aromatic N) is 4. The lowest BCUT2D eigenvalue weighted by Gasteiger charge is -2.43. The summed E-state index contributed by atoms with van der Waals surface area (Å²) in [5, 5.41) is 0.244. The van der Waals surface area contributed by atoms with Gasteiger partial charge in [0.2, 0.25) is 5.91 Å². The van der Waals surface area contributed by atoms with Crippen LogP contribution in [0.4, 0.5) is 13.2 Å². The summed E-state index contributed by atoms with van der Waals surface area (Å²) >= 11 is 7.15. The molecule has 10 heteroatoms. The predicted octanol–water partition coefficient (Wildman–Crippen LogP) is 4.54. The summed E-state index contributed by atoms with van der Waals surface area (Å²) in [5.41, 5.74) is 0.480. The molecule has 0 spiro atoms. The van der Waals surface area contributed by atoms with Gasteiger partial charge in [-0.25, -0.2) is 4.98 Å². The number of halogens is 4. The molecule has 5 rings (SSSR count). The van der Waals surface area contributed by atoms with E-state index in [1.54, 1.807) is 6.07 Å². The van der Waals surface area contributed by atoms with Gasteiger partial charge in [-0.05, 0) is 25.0 Å². The van der Waals surface area contributed by atoms with E-state index in [9.17, 15) is 18.0 Å². The number of alkyl halides is 3. The van der Waals surface area contributed by atoms with Gasteiger partial charge in [0.25, 0.3) is 0 Å². The first kappa shape index (κ1) is 23.1. The van der Waals surface area contributed by atoms with Crippen molar-refractivity contribution in [1.82, 2.24) is 19.7 Å². The summed E-state index contributed by atoms with van der Waals surface area (Å²) in [6.45, 7) is 5.18. The lowest BCUT2D eigenvalue weighted by atomic mass is 9.91. The van der Waals surface area contributed by atoms with Gasteiger partial charge < -0.3 is 4.90 Å². The van der Waals surface area contributed by atoms with Crippen LogP contribution in [0.15, 0.2) is 18.2 Å². The van der Waals surface area contributed by atoms with E-state index in [4.69, 9.17) is 11.6 Å². The van der Waals surface area contributed by atoms with E-state index in [1.807, 2.05) is 4.90 Å². The number of aromatic nitrogens is 1. The van der Waals surface area contributed by atoms with Gasteiger partial charge in [0, 0.05) is 62.2 Å². The first-order valence-corrected chi connectivity index (χ1v) is 12.6. The molecule has 0 unspecified atom stereocenters. The minimum atomic E-state index is -4.51. The SMILES string of the molecule is O=C(CN1CCc2nc(-c3ccc(Cl)c(C(F)(F)F)c3)sc2C1)N1CCN(C2CCC2)CC1. The van der Waals surface area contributed by atoms with E-state index in [2.05, 4.69) is 14.8 Å². The summed E-state index contributed by atoms with van der Waals surface area (Å²) in [4.78, 5) is 25.1. The second-order valence-corrected chi connectivity index (χ2v) is 10.5. The molecule has 178 valence electrons. The van der Waals surface area contributed by atoms with Gasteiger partial charge in [-0.3, -0.25) is 14.6 Å². The van der Waals surface area contributed by atoms with Crippen LogP contribution in [0.3, 0.4) is 0 Å². The second-order valence-electron chi connectivity index (χ2n) is 9.04. The van der Waals surface area contributed by atoms with E-state index in [0.717, 1.165) is 55.4 Å². The molecule has 2 aromatic rings. The van der Waals surface area contributed by atoms with E-state index in [-0.39, 0.29) is 10.9 Å². The van der Waals surface area contributed by atoms with Crippen molar-refractivity contribution in [3.8, 4) is 10.6 Å². The molecule has 2 aliphatic heterocycles. The Balaban J connectivity index is 1.21. The number of benzene rings is 1. The average Bonchev–Trinajstić information content (AvgIpc) is 3.16. The number of carbonyl (C=O) groups excluding carboxylic acids is 1. The molecular formula is C23H26ClF3N4OS. The van der Waals surface area contributed by atoms with Crippen LogP contribution in [0, 0.1) is 0 Å². The first-order chi connectivity index (χ1) is 15.8. The van der Waals surface area contributed by atoms with Crippen molar-refractivity contribution in [3.63, 3.8) is 0 Å². The van der Waals surface area contributed by atoms with Crippen LogP contribution < -0.4 is 0 Å². The molecule has 1 aromatic carbocycles. The zero-order valence-corrected chi connectivity index (χ0v) is 19.8. The highest BCUT2D eigenvalue weighted by Crippen LogP contribution is 2.39. The van der Waals surface area contributed by atoms with Crippen LogP contribution in [0.25, 0.3) is 10.6 Å². The second kappa shape index (κ2) is 9.17. The zero-order valence-electron chi connectivity index (χ0n) is 18.2. The summed E-state index contributed by atoms with van der Waals surface area (Å²) in [6, 6.07) is 4.63. The average molecular weight is 499 g/mol. The summed E-state index contributed by atoms with van der Waals surface area (Å²) in [6.07, 6.45) is 0.0726. The quantitative estimate of drug-likeness (QED) is 0.620. The maximum absolute atomic E-state index is 13.2. The van der Waals surface area contributed by atoms with Gasteiger partial charge in [-0.2, -0.15) is 13.2 Å². The van der Waals surface area contributed by atoms with Crippen molar-refractivity contribution in [2.24, 2.45) is 0 Å². The van der Waals surface area contributed by atoms with Crippen molar-refractivity contribution >= 4 is 28.8 Å². The molecule has 2 fully saturated rings. The standard InChI is InChI=1S/C23H26ClF3N4OS/c24-18-5-4-15(12-17(18)23(25,26)27)22-28-19-6-7-29(13-20(19)33-22)14-21(32)31-10-8-30(9-11-31)16-2-1-3-16/h4-5,12,16H,1-3,6-11,13-14H2. The van der Waals surface area contributed by atoms with Crippen molar-refractivity contribution < 1.29 is 18.0 Å². The topological polar surface area (TPSA) is 39.7 Å². The van der Waals surface area contributed by atoms with Crippen LogP contribution in [0.2, 0.25) is 5.02 Å². The van der Waals surface area contributed by atoms with Crippen molar-refractivity contribution in [2.45, 2.75) is 44.4 Å². The maximum Gasteiger partial charge on any atom is 0.417 e. The van der Waals surface area contributed by atoms with Gasteiger partial charge in [-0.15, -0.1) is 11.3 Å². The summed E-state index contributed by atoms with van der Waals surface area (Å²) < 4.78 is 39.7. The fourth-order valence-electron chi connectivity index (χ4n) is 4.76.